The van der Waals surface area contributed by atoms with Crippen molar-refractivity contribution in [1.29, 1.82) is 0 Å². The summed E-state index contributed by atoms with van der Waals surface area (Å²) in [5, 5.41) is 9.33. The van der Waals surface area contributed by atoms with Crippen LogP contribution in [0.1, 0.15) is 11.3 Å². The lowest BCUT2D eigenvalue weighted by molar-refractivity contribution is -0.731. The van der Waals surface area contributed by atoms with E-state index < -0.39 is 14.9 Å². The molecule has 0 radical (unpaired) electrons. The number of nitrogens with zero attached hydrogens (tertiary/aromatic N) is 3. The molecule has 144 valence electrons. The molecule has 0 unspecified atom stereocenters. The van der Waals surface area contributed by atoms with Crippen LogP contribution in [0.2, 0.25) is 0 Å². The third-order valence-electron chi connectivity index (χ3n) is 4.09. The van der Waals surface area contributed by atoms with Gasteiger partial charge < -0.3 is 5.73 Å². The Morgan fingerprint density at radius 1 is 0.964 bits per heavy atom. The molecule has 3 rings (SSSR count). The van der Waals surface area contributed by atoms with Gasteiger partial charge in [0.2, 0.25) is 0 Å². The third-order valence-corrected chi connectivity index (χ3v) is 5.93. The Kier molecular flexibility index (Phi) is 5.67. The second-order valence-corrected chi connectivity index (χ2v) is 7.98. The Morgan fingerprint density at radius 3 is 2.29 bits per heavy atom. The molecule has 3 aromatic rings. The van der Waals surface area contributed by atoms with E-state index >= 15 is 0 Å². The van der Waals surface area contributed by atoms with Crippen LogP contribution >= 0.6 is 0 Å². The zero-order valence-electron chi connectivity index (χ0n) is 14.8. The van der Waals surface area contributed by atoms with Gasteiger partial charge >= 0.3 is 5.69 Å². The van der Waals surface area contributed by atoms with Gasteiger partial charge in [0.15, 0.2) is 4.90 Å². The standard InChI is InChI=1S/C19H19N4O4S/c20-16-10-8-15(9-11-16)13-22(14-17-5-3-4-12-21-17)28(26,27)19-7-2-1-6-18(19)23(24)25/h1-12H,13-14,20H2,(H,24,25)/q+1. The Morgan fingerprint density at radius 2 is 1.64 bits per heavy atom. The van der Waals surface area contributed by atoms with Crippen molar-refractivity contribution in [2.45, 2.75) is 18.0 Å². The first-order chi connectivity index (χ1) is 13.4. The topological polar surface area (TPSA) is 117 Å². The number of nitrogens with two attached hydrogens (primary N) is 1. The van der Waals surface area contributed by atoms with Crippen molar-refractivity contribution in [3.63, 3.8) is 0 Å². The molecule has 0 spiro atoms. The molecule has 9 heteroatoms. The minimum absolute atomic E-state index is 0.00777. The Balaban J connectivity index is 2.04. The van der Waals surface area contributed by atoms with Gasteiger partial charge in [0.05, 0.1) is 17.1 Å². The fourth-order valence-electron chi connectivity index (χ4n) is 2.70. The van der Waals surface area contributed by atoms with E-state index in [1.807, 2.05) is 0 Å². The van der Waals surface area contributed by atoms with Crippen molar-refractivity contribution in [1.82, 2.24) is 9.29 Å². The highest BCUT2D eigenvalue weighted by molar-refractivity contribution is 7.89. The number of sulfonamides is 1. The molecule has 0 atom stereocenters. The number of para-hydroxylation sites is 1. The van der Waals surface area contributed by atoms with Gasteiger partial charge in [0.25, 0.3) is 14.9 Å². The predicted octanol–water partition coefficient (Wildman–Crippen LogP) is 2.85. The maximum Gasteiger partial charge on any atom is 0.336 e. The summed E-state index contributed by atoms with van der Waals surface area (Å²) in [6.45, 7) is 0.0317. The minimum Gasteiger partial charge on any atom is -0.399 e. The van der Waals surface area contributed by atoms with Crippen molar-refractivity contribution in [2.75, 3.05) is 5.73 Å². The quantitative estimate of drug-likeness (QED) is 0.466. The molecular weight excluding hydrogens is 380 g/mol. The first kappa shape index (κ1) is 19.5. The predicted molar refractivity (Wildman–Crippen MR) is 103 cm³/mol. The second-order valence-electron chi connectivity index (χ2n) is 6.08. The number of pyridine rings is 1. The molecule has 2 aromatic carbocycles. The number of aromatic nitrogens is 1. The molecule has 0 fully saturated rings. The first-order valence-electron chi connectivity index (χ1n) is 8.37. The average molecular weight is 399 g/mol. The van der Waals surface area contributed by atoms with Crippen LogP contribution in [0.3, 0.4) is 0 Å². The van der Waals surface area contributed by atoms with Crippen LogP contribution in [0.4, 0.5) is 11.4 Å². The van der Waals surface area contributed by atoms with E-state index in [0.717, 1.165) is 0 Å². The third kappa shape index (κ3) is 4.33. The van der Waals surface area contributed by atoms with Crippen molar-refractivity contribution >= 4 is 21.4 Å². The summed E-state index contributed by atoms with van der Waals surface area (Å²) in [6, 6.07) is 17.5. The van der Waals surface area contributed by atoms with Gasteiger partial charge in [-0.05, 0) is 35.9 Å². The van der Waals surface area contributed by atoms with Crippen LogP contribution in [0.5, 0.6) is 0 Å². The number of nitrogen functional groups attached to an aromatic ring is 1. The molecule has 0 saturated heterocycles. The number of hydrogen-bond acceptors (Lipinski definition) is 5. The van der Waals surface area contributed by atoms with Crippen LogP contribution in [-0.4, -0.2) is 27.8 Å². The monoisotopic (exact) mass is 399 g/mol. The Hall–Kier alpha value is -3.30. The lowest BCUT2D eigenvalue weighted by Crippen LogP contribution is -2.31. The van der Waals surface area contributed by atoms with Crippen LogP contribution < -0.4 is 5.73 Å². The first-order valence-corrected chi connectivity index (χ1v) is 9.81. The van der Waals surface area contributed by atoms with Crippen LogP contribution in [0.25, 0.3) is 0 Å². The normalized spacial score (nSPS) is 11.5. The summed E-state index contributed by atoms with van der Waals surface area (Å²) in [5.41, 5.74) is 7.17. The Labute approximate surface area is 162 Å². The molecular formula is C19H19N4O4S+. The molecule has 0 amide bonds. The van der Waals surface area contributed by atoms with Crippen molar-refractivity contribution < 1.29 is 18.5 Å². The summed E-state index contributed by atoms with van der Waals surface area (Å²) < 4.78 is 27.9. The van der Waals surface area contributed by atoms with Gasteiger partial charge in [-0.15, -0.1) is 0 Å². The van der Waals surface area contributed by atoms with Gasteiger partial charge in [-0.1, -0.05) is 30.3 Å². The summed E-state index contributed by atoms with van der Waals surface area (Å²) >= 11 is 0. The average Bonchev–Trinajstić information content (AvgIpc) is 2.70. The number of anilines is 1. The molecule has 1 aromatic heterocycles. The van der Waals surface area contributed by atoms with E-state index in [4.69, 9.17) is 5.73 Å². The van der Waals surface area contributed by atoms with E-state index in [-0.39, 0.29) is 23.7 Å². The van der Waals surface area contributed by atoms with Crippen molar-refractivity contribution in [2.24, 2.45) is 0 Å². The van der Waals surface area contributed by atoms with E-state index in [9.17, 15) is 18.5 Å². The number of benzene rings is 2. The Bertz CT molecular complexity index is 1070. The summed E-state index contributed by atoms with van der Waals surface area (Å²) in [6.07, 6.45) is 1.57. The van der Waals surface area contributed by atoms with E-state index in [2.05, 4.69) is 4.98 Å². The summed E-state index contributed by atoms with van der Waals surface area (Å²) in [7, 11) is -4.12. The number of hydrogen-bond donors (Lipinski definition) is 2. The highest BCUT2D eigenvalue weighted by atomic mass is 32.2. The minimum atomic E-state index is -4.12. The SMILES string of the molecule is Nc1ccc(CN(Cc2ccccn2)S(=O)(=O)c2ccccc2[N+](=O)O)cc1. The van der Waals surface area contributed by atoms with Crippen LogP contribution in [-0.2, 0) is 23.1 Å². The number of rotatable bonds is 7. The molecule has 0 saturated carbocycles. The second kappa shape index (κ2) is 8.15. The highest BCUT2D eigenvalue weighted by Crippen LogP contribution is 2.28. The molecule has 1 heterocycles. The molecule has 3 N–H and O–H groups in total. The van der Waals surface area contributed by atoms with Gasteiger partial charge in [-0.25, -0.2) is 13.6 Å². The van der Waals surface area contributed by atoms with Gasteiger partial charge in [-0.3, -0.25) is 4.98 Å². The van der Waals surface area contributed by atoms with E-state index in [1.54, 1.807) is 48.7 Å². The molecule has 28 heavy (non-hydrogen) atoms. The van der Waals surface area contributed by atoms with Crippen molar-refractivity contribution in [3.05, 3.63) is 89.1 Å². The van der Waals surface area contributed by atoms with Gasteiger partial charge in [-0.2, -0.15) is 4.31 Å². The summed E-state index contributed by atoms with van der Waals surface area (Å²) in [5.74, 6) is 0. The fraction of sp³-hybridized carbons (Fsp3) is 0.105. The molecule has 0 aliphatic rings. The molecule has 0 aliphatic heterocycles. The zero-order chi connectivity index (χ0) is 20.1. The van der Waals surface area contributed by atoms with E-state index in [0.29, 0.717) is 16.9 Å². The lowest BCUT2D eigenvalue weighted by Gasteiger charge is -2.22. The van der Waals surface area contributed by atoms with Gasteiger partial charge in [0, 0.05) is 24.5 Å². The lowest BCUT2D eigenvalue weighted by atomic mass is 10.2. The van der Waals surface area contributed by atoms with Crippen LogP contribution in [0.15, 0.2) is 77.8 Å². The van der Waals surface area contributed by atoms with E-state index in [1.165, 1.54) is 28.6 Å². The fourth-order valence-corrected chi connectivity index (χ4v) is 4.26. The highest BCUT2D eigenvalue weighted by Gasteiger charge is 2.33. The maximum atomic E-state index is 13.3. The molecule has 0 aliphatic carbocycles. The van der Waals surface area contributed by atoms with Gasteiger partial charge in [0.1, 0.15) is 0 Å². The molecule has 0 bridgehead atoms. The maximum absolute atomic E-state index is 13.3. The summed E-state index contributed by atoms with van der Waals surface area (Å²) in [4.78, 5) is 14.9. The molecule has 8 nitrogen and oxygen atoms in total. The van der Waals surface area contributed by atoms with Crippen molar-refractivity contribution in [3.8, 4) is 0 Å². The largest absolute Gasteiger partial charge is 0.399 e. The zero-order valence-corrected chi connectivity index (χ0v) is 15.7. The smallest absolute Gasteiger partial charge is 0.336 e. The van der Waals surface area contributed by atoms with Crippen LogP contribution in [0, 0.1) is 4.91 Å².